The summed E-state index contributed by atoms with van der Waals surface area (Å²) in [6, 6.07) is 23.4. The summed E-state index contributed by atoms with van der Waals surface area (Å²) >= 11 is 11.8. The zero-order chi connectivity index (χ0) is 27.8. The van der Waals surface area contributed by atoms with Crippen molar-refractivity contribution in [2.45, 2.75) is 0 Å². The van der Waals surface area contributed by atoms with Crippen molar-refractivity contribution < 1.29 is 28.6 Å². The molecule has 0 aliphatic heterocycles. The number of nitrogens with zero attached hydrogens (tertiary/aromatic N) is 1. The maximum Gasteiger partial charge on any atom is 0.343 e. The topological polar surface area (TPSA) is 103 Å². The van der Waals surface area contributed by atoms with E-state index in [4.69, 9.17) is 37.4 Å². The first-order valence-corrected chi connectivity index (χ1v) is 12.2. The fourth-order valence-corrected chi connectivity index (χ4v) is 3.57. The van der Waals surface area contributed by atoms with Crippen LogP contribution in [0.4, 0.5) is 0 Å². The average Bonchev–Trinajstić information content (AvgIpc) is 2.94. The Labute approximate surface area is 233 Å². The number of hydrogen-bond acceptors (Lipinski definition) is 7. The van der Waals surface area contributed by atoms with Crippen LogP contribution in [0.15, 0.2) is 96.1 Å². The molecule has 0 unspecified atom stereocenters. The normalized spacial score (nSPS) is 10.6. The van der Waals surface area contributed by atoms with Crippen LogP contribution < -0.4 is 19.6 Å². The summed E-state index contributed by atoms with van der Waals surface area (Å²) in [5.41, 5.74) is 3.55. The molecule has 0 fully saturated rings. The molecule has 1 N–H and O–H groups in total. The molecule has 4 aromatic carbocycles. The standard InChI is InChI=1S/C29H20Cl2N2O6/c1-37-25-5-3-2-4-24(25)27(34)33-32-17-20-10-15-23(38-28(35)18-6-11-21(30)12-7-18)16-26(20)39-29(36)19-8-13-22(31)14-9-19/h2-17H,1H3,(H,33,34)/b32-17-. The van der Waals surface area contributed by atoms with Gasteiger partial charge in [0.15, 0.2) is 0 Å². The summed E-state index contributed by atoms with van der Waals surface area (Å²) in [6.45, 7) is 0. The first-order chi connectivity index (χ1) is 18.8. The number of ether oxygens (including phenoxy) is 3. The van der Waals surface area contributed by atoms with E-state index in [2.05, 4.69) is 10.5 Å². The number of methoxy groups -OCH3 is 1. The van der Waals surface area contributed by atoms with Crippen molar-refractivity contribution in [3.63, 3.8) is 0 Å². The van der Waals surface area contributed by atoms with Crippen LogP contribution in [-0.2, 0) is 0 Å². The van der Waals surface area contributed by atoms with E-state index in [9.17, 15) is 14.4 Å². The Morgan fingerprint density at radius 1 is 0.744 bits per heavy atom. The number of nitrogens with one attached hydrogen (secondary N) is 1. The molecule has 0 heterocycles. The Kier molecular flexibility index (Phi) is 8.94. The van der Waals surface area contributed by atoms with Gasteiger partial charge < -0.3 is 14.2 Å². The maximum atomic E-state index is 12.8. The lowest BCUT2D eigenvalue weighted by Gasteiger charge is -2.11. The highest BCUT2D eigenvalue weighted by atomic mass is 35.5. The molecule has 4 aromatic rings. The summed E-state index contributed by atoms with van der Waals surface area (Å²) in [6.07, 6.45) is 1.29. The second-order valence-electron chi connectivity index (χ2n) is 7.89. The smallest absolute Gasteiger partial charge is 0.343 e. The summed E-state index contributed by atoms with van der Waals surface area (Å²) in [5, 5.41) is 4.92. The molecule has 0 spiro atoms. The number of carbonyl (C=O) groups excluding carboxylic acids is 3. The molecule has 0 bridgehead atoms. The van der Waals surface area contributed by atoms with Gasteiger partial charge >= 0.3 is 11.9 Å². The molecule has 0 saturated carbocycles. The molecule has 0 aliphatic rings. The molecule has 0 saturated heterocycles. The molecular weight excluding hydrogens is 543 g/mol. The van der Waals surface area contributed by atoms with Crippen molar-refractivity contribution in [3.05, 3.63) is 123 Å². The Morgan fingerprint density at radius 3 is 1.95 bits per heavy atom. The van der Waals surface area contributed by atoms with E-state index in [0.29, 0.717) is 21.4 Å². The fourth-order valence-electron chi connectivity index (χ4n) is 3.32. The number of amides is 1. The molecule has 0 aromatic heterocycles. The number of rotatable bonds is 8. The summed E-state index contributed by atoms with van der Waals surface area (Å²) in [4.78, 5) is 37.9. The third kappa shape index (κ3) is 7.22. The second kappa shape index (κ2) is 12.7. The summed E-state index contributed by atoms with van der Waals surface area (Å²) in [5.74, 6) is -1.28. The minimum absolute atomic E-state index is 0.0339. The van der Waals surface area contributed by atoms with Gasteiger partial charge in [0.2, 0.25) is 0 Å². The highest BCUT2D eigenvalue weighted by Gasteiger charge is 2.16. The zero-order valence-electron chi connectivity index (χ0n) is 20.4. The van der Waals surface area contributed by atoms with Crippen LogP contribution in [0, 0.1) is 0 Å². The highest BCUT2D eigenvalue weighted by molar-refractivity contribution is 6.31. The number of esters is 2. The van der Waals surface area contributed by atoms with Crippen LogP contribution in [-0.4, -0.2) is 31.2 Å². The van der Waals surface area contributed by atoms with E-state index in [0.717, 1.165) is 0 Å². The van der Waals surface area contributed by atoms with Gasteiger partial charge in [0.1, 0.15) is 17.2 Å². The monoisotopic (exact) mass is 562 g/mol. The van der Waals surface area contributed by atoms with Crippen molar-refractivity contribution in [2.24, 2.45) is 5.10 Å². The second-order valence-corrected chi connectivity index (χ2v) is 8.76. The van der Waals surface area contributed by atoms with E-state index in [1.807, 2.05) is 0 Å². The molecule has 0 radical (unpaired) electrons. The van der Waals surface area contributed by atoms with E-state index in [1.165, 1.54) is 55.8 Å². The van der Waals surface area contributed by atoms with E-state index in [-0.39, 0.29) is 28.2 Å². The molecule has 10 heteroatoms. The largest absolute Gasteiger partial charge is 0.496 e. The van der Waals surface area contributed by atoms with Gasteiger partial charge in [-0.25, -0.2) is 15.0 Å². The van der Waals surface area contributed by atoms with Gasteiger partial charge in [-0.15, -0.1) is 0 Å². The van der Waals surface area contributed by atoms with Crippen LogP contribution in [0.2, 0.25) is 10.0 Å². The van der Waals surface area contributed by atoms with Gasteiger partial charge in [-0.3, -0.25) is 4.79 Å². The molecule has 196 valence electrons. The molecule has 8 nitrogen and oxygen atoms in total. The van der Waals surface area contributed by atoms with Crippen molar-refractivity contribution in [2.75, 3.05) is 7.11 Å². The number of benzene rings is 4. The SMILES string of the molecule is COc1ccccc1C(=O)N/N=C\c1ccc(OC(=O)c2ccc(Cl)cc2)cc1OC(=O)c1ccc(Cl)cc1. The maximum absolute atomic E-state index is 12.8. The van der Waals surface area contributed by atoms with E-state index >= 15 is 0 Å². The third-order valence-electron chi connectivity index (χ3n) is 5.28. The van der Waals surface area contributed by atoms with Crippen LogP contribution >= 0.6 is 23.2 Å². The molecular formula is C29H20Cl2N2O6. The number of halogens is 2. The predicted molar refractivity (Wildman–Crippen MR) is 147 cm³/mol. The Hall–Kier alpha value is -4.66. The Morgan fingerprint density at radius 2 is 1.33 bits per heavy atom. The lowest BCUT2D eigenvalue weighted by atomic mass is 10.2. The quantitative estimate of drug-likeness (QED) is 0.118. The lowest BCUT2D eigenvalue weighted by Crippen LogP contribution is -2.18. The highest BCUT2D eigenvalue weighted by Crippen LogP contribution is 2.26. The molecule has 0 atom stereocenters. The van der Waals surface area contributed by atoms with E-state index in [1.54, 1.807) is 48.5 Å². The average molecular weight is 563 g/mol. The zero-order valence-corrected chi connectivity index (χ0v) is 21.9. The van der Waals surface area contributed by atoms with Gasteiger partial charge in [-0.1, -0.05) is 35.3 Å². The summed E-state index contributed by atoms with van der Waals surface area (Å²) in [7, 11) is 1.46. The van der Waals surface area contributed by atoms with Gasteiger partial charge in [0, 0.05) is 21.7 Å². The Balaban J connectivity index is 1.57. The molecule has 1 amide bonds. The van der Waals surface area contributed by atoms with Crippen LogP contribution in [0.1, 0.15) is 36.6 Å². The fraction of sp³-hybridized carbons (Fsp3) is 0.0345. The van der Waals surface area contributed by atoms with Gasteiger partial charge in [-0.2, -0.15) is 5.10 Å². The minimum atomic E-state index is -0.680. The Bertz CT molecular complexity index is 1540. The van der Waals surface area contributed by atoms with Crippen molar-refractivity contribution in [1.82, 2.24) is 5.43 Å². The number of carbonyl (C=O) groups is 3. The first kappa shape index (κ1) is 27.4. The molecule has 0 aliphatic carbocycles. The van der Waals surface area contributed by atoms with Crippen molar-refractivity contribution in [3.8, 4) is 17.2 Å². The van der Waals surface area contributed by atoms with Gasteiger partial charge in [-0.05, 0) is 72.8 Å². The lowest BCUT2D eigenvalue weighted by molar-refractivity contribution is 0.0732. The van der Waals surface area contributed by atoms with Crippen LogP contribution in [0.25, 0.3) is 0 Å². The molecule has 4 rings (SSSR count). The number of para-hydroxylation sites is 1. The van der Waals surface area contributed by atoms with E-state index < -0.39 is 17.8 Å². The minimum Gasteiger partial charge on any atom is -0.496 e. The first-order valence-electron chi connectivity index (χ1n) is 11.4. The van der Waals surface area contributed by atoms with Crippen molar-refractivity contribution in [1.29, 1.82) is 0 Å². The van der Waals surface area contributed by atoms with Crippen molar-refractivity contribution >= 4 is 47.3 Å². The molecule has 39 heavy (non-hydrogen) atoms. The number of hydrazone groups is 1. The van der Waals surface area contributed by atoms with Gasteiger partial charge in [0.25, 0.3) is 5.91 Å². The van der Waals surface area contributed by atoms with Gasteiger partial charge in [0.05, 0.1) is 30.0 Å². The summed E-state index contributed by atoms with van der Waals surface area (Å²) < 4.78 is 16.2. The third-order valence-corrected chi connectivity index (χ3v) is 5.78. The van der Waals surface area contributed by atoms with Crippen LogP contribution in [0.5, 0.6) is 17.2 Å². The number of hydrogen-bond donors (Lipinski definition) is 1. The predicted octanol–water partition coefficient (Wildman–Crippen LogP) is 6.20. The van der Waals surface area contributed by atoms with Crippen LogP contribution in [0.3, 0.4) is 0 Å².